The molecule has 2 aromatic heterocycles. The Bertz CT molecular complexity index is 880. The number of benzene rings is 1. The van der Waals surface area contributed by atoms with Gasteiger partial charge in [-0.1, -0.05) is 12.1 Å². The van der Waals surface area contributed by atoms with E-state index in [-0.39, 0.29) is 5.82 Å². The fourth-order valence-corrected chi connectivity index (χ4v) is 3.19. The Balaban J connectivity index is 1.38. The number of nitrogens with one attached hydrogen (secondary N) is 1. The lowest BCUT2D eigenvalue weighted by Crippen LogP contribution is -2.47. The minimum absolute atomic E-state index is 0.171. The first-order valence-electron chi connectivity index (χ1n) is 8.99. The molecule has 0 unspecified atom stereocenters. The molecule has 0 aliphatic carbocycles. The van der Waals surface area contributed by atoms with Crippen LogP contribution in [0.25, 0.3) is 0 Å². The summed E-state index contributed by atoms with van der Waals surface area (Å²) in [5, 5.41) is 3.32. The molecule has 3 heterocycles. The summed E-state index contributed by atoms with van der Waals surface area (Å²) in [6, 6.07) is 12.8. The van der Waals surface area contributed by atoms with Crippen molar-refractivity contribution in [1.29, 1.82) is 0 Å². The molecule has 3 aromatic rings. The van der Waals surface area contributed by atoms with E-state index in [0.29, 0.717) is 12.2 Å². The SMILES string of the molecule is Fc1ccccc1N1CCN(c2cc(NCc3ccncc3)ncn2)CC1. The average molecular weight is 364 g/mol. The van der Waals surface area contributed by atoms with Crippen molar-refractivity contribution in [2.75, 3.05) is 41.3 Å². The molecule has 0 bridgehead atoms. The molecule has 1 aromatic carbocycles. The van der Waals surface area contributed by atoms with Gasteiger partial charge in [0.1, 0.15) is 23.8 Å². The van der Waals surface area contributed by atoms with Crippen LogP contribution in [0, 0.1) is 5.82 Å². The second kappa shape index (κ2) is 7.99. The Hall–Kier alpha value is -3.22. The number of piperazine rings is 1. The van der Waals surface area contributed by atoms with Gasteiger partial charge in [-0.3, -0.25) is 4.98 Å². The van der Waals surface area contributed by atoms with Crippen molar-refractivity contribution in [3.05, 3.63) is 72.6 Å². The zero-order valence-corrected chi connectivity index (χ0v) is 14.9. The Morgan fingerprint density at radius 3 is 2.44 bits per heavy atom. The zero-order chi connectivity index (χ0) is 18.5. The molecule has 6 nitrogen and oxygen atoms in total. The van der Waals surface area contributed by atoms with Crippen LogP contribution in [0.4, 0.5) is 21.7 Å². The van der Waals surface area contributed by atoms with E-state index in [2.05, 4.69) is 30.1 Å². The summed E-state index contributed by atoms with van der Waals surface area (Å²) in [5.74, 6) is 1.50. The van der Waals surface area contributed by atoms with Crippen LogP contribution in [-0.2, 0) is 6.54 Å². The maximum absolute atomic E-state index is 14.0. The van der Waals surface area contributed by atoms with Crippen molar-refractivity contribution in [2.24, 2.45) is 0 Å². The molecular weight excluding hydrogens is 343 g/mol. The number of hydrogen-bond donors (Lipinski definition) is 1. The van der Waals surface area contributed by atoms with Crippen molar-refractivity contribution in [3.8, 4) is 0 Å². The van der Waals surface area contributed by atoms with Gasteiger partial charge in [0.2, 0.25) is 0 Å². The second-order valence-electron chi connectivity index (χ2n) is 6.40. The van der Waals surface area contributed by atoms with Gasteiger partial charge in [-0.15, -0.1) is 0 Å². The van der Waals surface area contributed by atoms with E-state index < -0.39 is 0 Å². The highest BCUT2D eigenvalue weighted by Crippen LogP contribution is 2.22. The lowest BCUT2D eigenvalue weighted by molar-refractivity contribution is 0.596. The van der Waals surface area contributed by atoms with Crippen LogP contribution in [0.2, 0.25) is 0 Å². The Morgan fingerprint density at radius 2 is 1.67 bits per heavy atom. The monoisotopic (exact) mass is 364 g/mol. The number of nitrogens with zero attached hydrogens (tertiary/aromatic N) is 5. The third kappa shape index (κ3) is 4.13. The van der Waals surface area contributed by atoms with E-state index in [0.717, 1.165) is 43.4 Å². The van der Waals surface area contributed by atoms with Gasteiger partial charge in [0, 0.05) is 51.2 Å². The molecule has 1 aliphatic rings. The lowest BCUT2D eigenvalue weighted by Gasteiger charge is -2.36. The van der Waals surface area contributed by atoms with Gasteiger partial charge in [-0.2, -0.15) is 0 Å². The van der Waals surface area contributed by atoms with E-state index in [4.69, 9.17) is 0 Å². The second-order valence-corrected chi connectivity index (χ2v) is 6.40. The standard InChI is InChI=1S/C20H21FN6/c21-17-3-1-2-4-18(17)26-9-11-27(12-10-26)20-13-19(24-15-25-20)23-14-16-5-7-22-8-6-16/h1-8,13,15H,9-12,14H2,(H,23,24,25). The zero-order valence-electron chi connectivity index (χ0n) is 14.9. The van der Waals surface area contributed by atoms with E-state index in [1.807, 2.05) is 30.3 Å². The summed E-state index contributed by atoms with van der Waals surface area (Å²) in [5.41, 5.74) is 1.81. The summed E-state index contributed by atoms with van der Waals surface area (Å²) in [6.45, 7) is 3.76. The van der Waals surface area contributed by atoms with Crippen molar-refractivity contribution < 1.29 is 4.39 Å². The van der Waals surface area contributed by atoms with Gasteiger partial charge >= 0.3 is 0 Å². The lowest BCUT2D eigenvalue weighted by atomic mass is 10.2. The fourth-order valence-electron chi connectivity index (χ4n) is 3.19. The van der Waals surface area contributed by atoms with Crippen LogP contribution < -0.4 is 15.1 Å². The summed E-state index contributed by atoms with van der Waals surface area (Å²) < 4.78 is 14.0. The average Bonchev–Trinajstić information content (AvgIpc) is 2.74. The van der Waals surface area contributed by atoms with Crippen LogP contribution >= 0.6 is 0 Å². The number of anilines is 3. The van der Waals surface area contributed by atoms with E-state index >= 15 is 0 Å². The molecule has 1 N–H and O–H groups in total. The largest absolute Gasteiger partial charge is 0.366 e. The fraction of sp³-hybridized carbons (Fsp3) is 0.250. The summed E-state index contributed by atoms with van der Waals surface area (Å²) in [4.78, 5) is 17.0. The Labute approximate surface area is 157 Å². The normalized spacial score (nSPS) is 14.3. The van der Waals surface area contributed by atoms with Crippen LogP contribution in [0.3, 0.4) is 0 Å². The van der Waals surface area contributed by atoms with Gasteiger partial charge in [0.25, 0.3) is 0 Å². The van der Waals surface area contributed by atoms with Gasteiger partial charge in [-0.05, 0) is 29.8 Å². The molecule has 0 amide bonds. The summed E-state index contributed by atoms with van der Waals surface area (Å²) >= 11 is 0. The third-order valence-corrected chi connectivity index (χ3v) is 4.67. The van der Waals surface area contributed by atoms with E-state index in [9.17, 15) is 4.39 Å². The van der Waals surface area contributed by atoms with Crippen LogP contribution in [-0.4, -0.2) is 41.1 Å². The minimum Gasteiger partial charge on any atom is -0.366 e. The molecule has 7 heteroatoms. The molecule has 0 radical (unpaired) electrons. The molecule has 0 atom stereocenters. The van der Waals surface area contributed by atoms with Crippen molar-refractivity contribution >= 4 is 17.3 Å². The van der Waals surface area contributed by atoms with Crippen LogP contribution in [0.15, 0.2) is 61.2 Å². The number of aromatic nitrogens is 3. The number of hydrogen-bond acceptors (Lipinski definition) is 6. The number of halogens is 1. The molecule has 0 spiro atoms. The first-order chi connectivity index (χ1) is 13.3. The van der Waals surface area contributed by atoms with E-state index in [1.54, 1.807) is 24.8 Å². The highest BCUT2D eigenvalue weighted by atomic mass is 19.1. The minimum atomic E-state index is -0.171. The predicted octanol–water partition coefficient (Wildman–Crippen LogP) is 2.95. The quantitative estimate of drug-likeness (QED) is 0.751. The van der Waals surface area contributed by atoms with Crippen molar-refractivity contribution in [1.82, 2.24) is 15.0 Å². The van der Waals surface area contributed by atoms with Crippen molar-refractivity contribution in [2.45, 2.75) is 6.54 Å². The molecule has 1 saturated heterocycles. The van der Waals surface area contributed by atoms with Gasteiger partial charge in [-0.25, -0.2) is 14.4 Å². The Kier molecular flexibility index (Phi) is 5.09. The van der Waals surface area contributed by atoms with Gasteiger partial charge in [0.15, 0.2) is 0 Å². The Morgan fingerprint density at radius 1 is 0.926 bits per heavy atom. The number of para-hydroxylation sites is 1. The predicted molar refractivity (Wildman–Crippen MR) is 104 cm³/mol. The maximum atomic E-state index is 14.0. The molecule has 0 saturated carbocycles. The maximum Gasteiger partial charge on any atom is 0.146 e. The molecule has 4 rings (SSSR count). The van der Waals surface area contributed by atoms with Crippen LogP contribution in [0.1, 0.15) is 5.56 Å². The van der Waals surface area contributed by atoms with Gasteiger partial charge < -0.3 is 15.1 Å². The molecule has 1 aliphatic heterocycles. The molecule has 138 valence electrons. The molecular formula is C20H21FN6. The van der Waals surface area contributed by atoms with E-state index in [1.165, 1.54) is 6.07 Å². The van der Waals surface area contributed by atoms with Gasteiger partial charge in [0.05, 0.1) is 5.69 Å². The topological polar surface area (TPSA) is 57.2 Å². The van der Waals surface area contributed by atoms with Crippen LogP contribution in [0.5, 0.6) is 0 Å². The number of rotatable bonds is 5. The number of pyridine rings is 1. The summed E-state index contributed by atoms with van der Waals surface area (Å²) in [6.07, 6.45) is 5.13. The first-order valence-corrected chi connectivity index (χ1v) is 8.99. The highest BCUT2D eigenvalue weighted by molar-refractivity contribution is 5.52. The smallest absolute Gasteiger partial charge is 0.146 e. The van der Waals surface area contributed by atoms with Crippen molar-refractivity contribution in [3.63, 3.8) is 0 Å². The highest BCUT2D eigenvalue weighted by Gasteiger charge is 2.20. The third-order valence-electron chi connectivity index (χ3n) is 4.67. The first kappa shape index (κ1) is 17.2. The summed E-state index contributed by atoms with van der Waals surface area (Å²) in [7, 11) is 0. The molecule has 1 fully saturated rings. The molecule has 27 heavy (non-hydrogen) atoms.